The summed E-state index contributed by atoms with van der Waals surface area (Å²) >= 11 is 3.14. The molecule has 0 aliphatic carbocycles. The number of nitrogens with one attached hydrogen (secondary N) is 1. The standard InChI is InChI=1S/C8H8BrN3O4/c9-6-2-1-5(12(14)15)3-7(6)16-4-8(13)11-10/h1-3H,4,10H2,(H,11,13). The zero-order valence-corrected chi connectivity index (χ0v) is 9.56. The van der Waals surface area contributed by atoms with Crippen LogP contribution in [0.5, 0.6) is 5.75 Å². The number of ether oxygens (including phenoxy) is 1. The molecule has 0 fully saturated rings. The number of carbonyl (C=O) groups is 1. The molecule has 1 amide bonds. The first-order valence-corrected chi connectivity index (χ1v) is 4.90. The molecule has 0 spiro atoms. The Kier molecular flexibility index (Phi) is 4.20. The van der Waals surface area contributed by atoms with Crippen molar-refractivity contribution >= 4 is 27.5 Å². The van der Waals surface area contributed by atoms with Gasteiger partial charge in [0, 0.05) is 6.07 Å². The van der Waals surface area contributed by atoms with Crippen molar-refractivity contribution in [3.05, 3.63) is 32.8 Å². The Balaban J connectivity index is 2.82. The Labute approximate surface area is 98.8 Å². The van der Waals surface area contributed by atoms with E-state index >= 15 is 0 Å². The molecule has 7 nitrogen and oxygen atoms in total. The fourth-order valence-electron chi connectivity index (χ4n) is 0.901. The molecule has 0 atom stereocenters. The van der Waals surface area contributed by atoms with Crippen LogP contribution in [0.3, 0.4) is 0 Å². The fraction of sp³-hybridized carbons (Fsp3) is 0.125. The van der Waals surface area contributed by atoms with Crippen LogP contribution in [0.2, 0.25) is 0 Å². The van der Waals surface area contributed by atoms with Crippen molar-refractivity contribution < 1.29 is 14.5 Å². The molecule has 3 N–H and O–H groups in total. The lowest BCUT2D eigenvalue weighted by Gasteiger charge is -2.06. The molecular formula is C8H8BrN3O4. The number of rotatable bonds is 4. The Morgan fingerprint density at radius 3 is 2.88 bits per heavy atom. The highest BCUT2D eigenvalue weighted by Gasteiger charge is 2.11. The van der Waals surface area contributed by atoms with Gasteiger partial charge in [0.1, 0.15) is 5.75 Å². The Morgan fingerprint density at radius 1 is 1.62 bits per heavy atom. The van der Waals surface area contributed by atoms with Gasteiger partial charge in [-0.3, -0.25) is 20.3 Å². The van der Waals surface area contributed by atoms with Gasteiger partial charge in [-0.2, -0.15) is 0 Å². The van der Waals surface area contributed by atoms with E-state index in [1.54, 1.807) is 0 Å². The topological polar surface area (TPSA) is 107 Å². The van der Waals surface area contributed by atoms with Gasteiger partial charge in [0.2, 0.25) is 0 Å². The van der Waals surface area contributed by atoms with E-state index in [0.29, 0.717) is 4.47 Å². The van der Waals surface area contributed by atoms with Crippen molar-refractivity contribution in [2.45, 2.75) is 0 Å². The molecule has 16 heavy (non-hydrogen) atoms. The second kappa shape index (κ2) is 5.42. The maximum Gasteiger partial charge on any atom is 0.273 e. The fourth-order valence-corrected chi connectivity index (χ4v) is 1.26. The van der Waals surface area contributed by atoms with Gasteiger partial charge >= 0.3 is 0 Å². The first-order valence-electron chi connectivity index (χ1n) is 4.10. The van der Waals surface area contributed by atoms with Crippen LogP contribution >= 0.6 is 15.9 Å². The minimum atomic E-state index is -0.553. The van der Waals surface area contributed by atoms with E-state index in [2.05, 4.69) is 15.9 Å². The molecule has 8 heteroatoms. The number of non-ortho nitro benzene ring substituents is 1. The summed E-state index contributed by atoms with van der Waals surface area (Å²) in [5.74, 6) is 4.53. The van der Waals surface area contributed by atoms with E-state index in [1.807, 2.05) is 5.43 Å². The first kappa shape index (κ1) is 12.4. The molecule has 0 heterocycles. The van der Waals surface area contributed by atoms with Gasteiger partial charge in [-0.05, 0) is 22.0 Å². The number of nitrogens with two attached hydrogens (primary N) is 1. The molecular weight excluding hydrogens is 282 g/mol. The third-order valence-corrected chi connectivity index (χ3v) is 2.30. The number of nitrogens with zero attached hydrogens (tertiary/aromatic N) is 1. The molecule has 0 saturated heterocycles. The Morgan fingerprint density at radius 2 is 2.31 bits per heavy atom. The maximum atomic E-state index is 10.8. The largest absolute Gasteiger partial charge is 0.482 e. The minimum absolute atomic E-state index is 0.119. The average Bonchev–Trinajstić information content (AvgIpc) is 2.27. The van der Waals surface area contributed by atoms with Crippen LogP contribution in [-0.2, 0) is 4.79 Å². The maximum absolute atomic E-state index is 10.8. The lowest BCUT2D eigenvalue weighted by molar-refractivity contribution is -0.385. The van der Waals surface area contributed by atoms with E-state index in [1.165, 1.54) is 18.2 Å². The van der Waals surface area contributed by atoms with E-state index in [4.69, 9.17) is 10.6 Å². The summed E-state index contributed by atoms with van der Waals surface area (Å²) in [6.45, 7) is -0.309. The number of nitro groups is 1. The van der Waals surface area contributed by atoms with Crippen LogP contribution in [0.1, 0.15) is 0 Å². The number of hydrazine groups is 1. The zero-order valence-electron chi connectivity index (χ0n) is 7.97. The van der Waals surface area contributed by atoms with Crippen molar-refractivity contribution in [2.24, 2.45) is 5.84 Å². The molecule has 0 radical (unpaired) electrons. The normalized spacial score (nSPS) is 9.62. The zero-order chi connectivity index (χ0) is 12.1. The van der Waals surface area contributed by atoms with E-state index < -0.39 is 10.8 Å². The van der Waals surface area contributed by atoms with Gasteiger partial charge in [0.05, 0.1) is 15.5 Å². The van der Waals surface area contributed by atoms with Crippen molar-refractivity contribution in [2.75, 3.05) is 6.61 Å². The van der Waals surface area contributed by atoms with E-state index in [9.17, 15) is 14.9 Å². The number of amides is 1. The highest BCUT2D eigenvalue weighted by Crippen LogP contribution is 2.29. The van der Waals surface area contributed by atoms with Crippen LogP contribution in [0.15, 0.2) is 22.7 Å². The molecule has 0 aliphatic heterocycles. The first-order chi connectivity index (χ1) is 7.54. The van der Waals surface area contributed by atoms with Crippen LogP contribution in [-0.4, -0.2) is 17.4 Å². The lowest BCUT2D eigenvalue weighted by Crippen LogP contribution is -2.34. The summed E-state index contributed by atoms with van der Waals surface area (Å²) in [5, 5.41) is 10.5. The molecule has 0 unspecified atom stereocenters. The summed E-state index contributed by atoms with van der Waals surface area (Å²) < 4.78 is 5.55. The number of nitro benzene ring substituents is 1. The molecule has 1 aromatic carbocycles. The average molecular weight is 290 g/mol. The Hall–Kier alpha value is -1.67. The van der Waals surface area contributed by atoms with Crippen molar-refractivity contribution in [3.63, 3.8) is 0 Å². The number of benzene rings is 1. The Bertz CT molecular complexity index is 424. The van der Waals surface area contributed by atoms with Gasteiger partial charge in [0.25, 0.3) is 11.6 Å². The van der Waals surface area contributed by atoms with Gasteiger partial charge in [0.15, 0.2) is 6.61 Å². The summed E-state index contributed by atoms with van der Waals surface area (Å²) in [4.78, 5) is 20.7. The van der Waals surface area contributed by atoms with Gasteiger partial charge in [-0.15, -0.1) is 0 Å². The number of hydrogen-bond acceptors (Lipinski definition) is 5. The second-order valence-electron chi connectivity index (χ2n) is 2.73. The summed E-state index contributed by atoms with van der Waals surface area (Å²) in [6, 6.07) is 4.00. The minimum Gasteiger partial charge on any atom is -0.482 e. The predicted molar refractivity (Wildman–Crippen MR) is 58.6 cm³/mol. The highest BCUT2D eigenvalue weighted by atomic mass is 79.9. The lowest BCUT2D eigenvalue weighted by atomic mass is 10.3. The predicted octanol–water partition coefficient (Wildman–Crippen LogP) is 0.726. The third-order valence-electron chi connectivity index (χ3n) is 1.65. The highest BCUT2D eigenvalue weighted by molar-refractivity contribution is 9.10. The van der Waals surface area contributed by atoms with Crippen molar-refractivity contribution in [3.8, 4) is 5.75 Å². The quantitative estimate of drug-likeness (QED) is 0.368. The molecule has 0 saturated carbocycles. The molecule has 0 bridgehead atoms. The summed E-state index contributed by atoms with van der Waals surface area (Å²) in [7, 11) is 0. The summed E-state index contributed by atoms with van der Waals surface area (Å²) in [6.07, 6.45) is 0. The smallest absolute Gasteiger partial charge is 0.273 e. The van der Waals surface area contributed by atoms with Crippen molar-refractivity contribution in [1.82, 2.24) is 5.43 Å². The molecule has 1 aromatic rings. The SMILES string of the molecule is NNC(=O)COc1cc([N+](=O)[O-])ccc1Br. The van der Waals surface area contributed by atoms with Crippen LogP contribution in [0.4, 0.5) is 5.69 Å². The van der Waals surface area contributed by atoms with Crippen LogP contribution < -0.4 is 16.0 Å². The van der Waals surface area contributed by atoms with Crippen molar-refractivity contribution in [1.29, 1.82) is 0 Å². The number of carbonyl (C=O) groups excluding carboxylic acids is 1. The molecule has 86 valence electrons. The van der Waals surface area contributed by atoms with Gasteiger partial charge in [-0.25, -0.2) is 5.84 Å². The molecule has 0 aromatic heterocycles. The molecule has 0 aliphatic rings. The van der Waals surface area contributed by atoms with Crippen LogP contribution in [0.25, 0.3) is 0 Å². The van der Waals surface area contributed by atoms with Crippen LogP contribution in [0, 0.1) is 10.1 Å². The number of hydrogen-bond donors (Lipinski definition) is 2. The van der Waals surface area contributed by atoms with Gasteiger partial charge < -0.3 is 4.74 Å². The third kappa shape index (κ3) is 3.17. The van der Waals surface area contributed by atoms with Gasteiger partial charge in [-0.1, -0.05) is 0 Å². The molecule has 1 rings (SSSR count). The second-order valence-corrected chi connectivity index (χ2v) is 3.58. The van der Waals surface area contributed by atoms with E-state index in [0.717, 1.165) is 0 Å². The monoisotopic (exact) mass is 289 g/mol. The van der Waals surface area contributed by atoms with E-state index in [-0.39, 0.29) is 18.0 Å². The summed E-state index contributed by atoms with van der Waals surface area (Å²) in [5.41, 5.74) is 1.76. The number of halogens is 1.